The maximum Gasteiger partial charge on any atom is 0.0171 e. The molecule has 0 nitrogen and oxygen atoms in total. The Morgan fingerprint density at radius 3 is 1.15 bits per heavy atom. The van der Waals surface area contributed by atoms with Gasteiger partial charge >= 0.3 is 0 Å². The quantitative estimate of drug-likeness (QED) is 0.122. The van der Waals surface area contributed by atoms with E-state index < -0.39 is 0 Å². The summed E-state index contributed by atoms with van der Waals surface area (Å²) in [5.74, 6) is 0. The van der Waals surface area contributed by atoms with Crippen LogP contribution in [0.1, 0.15) is 49.9 Å². The molecule has 2 aliphatic rings. The highest BCUT2D eigenvalue weighted by Gasteiger charge is 2.41. The van der Waals surface area contributed by atoms with Crippen molar-refractivity contribution in [1.29, 1.82) is 0 Å². The number of rotatable bonds is 2. The average Bonchev–Trinajstić information content (AvgIpc) is 3.67. The molecule has 282 valence electrons. The van der Waals surface area contributed by atoms with Crippen LogP contribution in [-0.4, -0.2) is 0 Å². The van der Waals surface area contributed by atoms with Crippen molar-refractivity contribution in [3.8, 4) is 44.5 Å². The van der Waals surface area contributed by atoms with Gasteiger partial charge in [0.05, 0.1) is 0 Å². The van der Waals surface area contributed by atoms with Crippen LogP contribution in [0.3, 0.4) is 0 Å². The summed E-state index contributed by atoms with van der Waals surface area (Å²) < 4.78 is 0. The van der Waals surface area contributed by atoms with Crippen LogP contribution in [-0.2, 0) is 10.8 Å². The zero-order valence-electron chi connectivity index (χ0n) is 34.3. The lowest BCUT2D eigenvalue weighted by atomic mass is 9.76. The van der Waals surface area contributed by atoms with Gasteiger partial charge in [-0.25, -0.2) is 0 Å². The first-order valence-corrected chi connectivity index (χ1v) is 21.4. The Hall–Kier alpha value is -7.02. The first kappa shape index (κ1) is 33.9. The highest BCUT2D eigenvalue weighted by atomic mass is 14.4. The normalized spacial score (nSPS) is 14.6. The van der Waals surface area contributed by atoms with E-state index in [9.17, 15) is 0 Å². The molecule has 0 amide bonds. The van der Waals surface area contributed by atoms with Gasteiger partial charge in [0, 0.05) is 10.8 Å². The Labute approximate surface area is 350 Å². The highest BCUT2D eigenvalue weighted by molar-refractivity contribution is 6.28. The summed E-state index contributed by atoms with van der Waals surface area (Å²) in [6.07, 6.45) is 0. The minimum Gasteiger partial charge on any atom is -0.0619 e. The Bertz CT molecular complexity index is 3650. The van der Waals surface area contributed by atoms with E-state index in [0.29, 0.717) is 0 Å². The molecule has 0 heteroatoms. The number of hydrogen-bond donors (Lipinski definition) is 0. The van der Waals surface area contributed by atoms with Crippen molar-refractivity contribution in [3.05, 3.63) is 204 Å². The van der Waals surface area contributed by atoms with E-state index >= 15 is 0 Å². The molecule has 0 bridgehead atoms. The van der Waals surface area contributed by atoms with Crippen LogP contribution in [0.25, 0.3) is 109 Å². The second kappa shape index (κ2) is 11.8. The minimum atomic E-state index is -0.206. The first-order chi connectivity index (χ1) is 29.3. The van der Waals surface area contributed by atoms with E-state index in [2.05, 4.69) is 210 Å². The van der Waals surface area contributed by atoms with Gasteiger partial charge in [0.15, 0.2) is 0 Å². The maximum atomic E-state index is 2.57. The predicted octanol–water partition coefficient (Wildman–Crippen LogP) is 16.6. The van der Waals surface area contributed by atoms with Crippen molar-refractivity contribution in [2.24, 2.45) is 0 Å². The van der Waals surface area contributed by atoms with E-state index in [1.807, 2.05) is 0 Å². The molecule has 11 aromatic carbocycles. The van der Waals surface area contributed by atoms with Gasteiger partial charge in [-0.15, -0.1) is 0 Å². The largest absolute Gasteiger partial charge is 0.0619 e. The third kappa shape index (κ3) is 4.21. The molecular formula is C60H42. The van der Waals surface area contributed by atoms with Crippen LogP contribution >= 0.6 is 0 Å². The highest BCUT2D eigenvalue weighted by Crippen LogP contribution is 2.59. The summed E-state index contributed by atoms with van der Waals surface area (Å²) in [6.45, 7) is 9.70. The summed E-state index contributed by atoms with van der Waals surface area (Å²) in [4.78, 5) is 0. The molecule has 0 radical (unpaired) electrons. The second-order valence-electron chi connectivity index (χ2n) is 18.3. The van der Waals surface area contributed by atoms with Crippen molar-refractivity contribution >= 4 is 64.6 Å². The predicted molar refractivity (Wildman–Crippen MR) is 257 cm³/mol. The Morgan fingerprint density at radius 2 is 0.600 bits per heavy atom. The molecule has 60 heavy (non-hydrogen) atoms. The van der Waals surface area contributed by atoms with Gasteiger partial charge < -0.3 is 0 Å². The van der Waals surface area contributed by atoms with Crippen molar-refractivity contribution in [2.45, 2.75) is 38.5 Å². The van der Waals surface area contributed by atoms with Gasteiger partial charge in [0.25, 0.3) is 0 Å². The number of fused-ring (bicyclic) bond motifs is 17. The van der Waals surface area contributed by atoms with Gasteiger partial charge in [0.2, 0.25) is 0 Å². The molecule has 2 aliphatic carbocycles. The van der Waals surface area contributed by atoms with Crippen LogP contribution in [0.4, 0.5) is 0 Å². The van der Waals surface area contributed by atoms with Crippen LogP contribution in [0, 0.1) is 0 Å². The molecule has 0 atom stereocenters. The molecule has 0 fully saturated rings. The maximum absolute atomic E-state index is 2.57. The van der Waals surface area contributed by atoms with Crippen molar-refractivity contribution < 1.29 is 0 Å². The van der Waals surface area contributed by atoms with Gasteiger partial charge in [-0.3, -0.25) is 0 Å². The zero-order valence-corrected chi connectivity index (χ0v) is 34.3. The van der Waals surface area contributed by atoms with Crippen molar-refractivity contribution in [1.82, 2.24) is 0 Å². The minimum absolute atomic E-state index is 0.126. The van der Waals surface area contributed by atoms with E-state index in [0.717, 1.165) is 0 Å². The Balaban J connectivity index is 1.17. The van der Waals surface area contributed by atoms with Crippen LogP contribution in [0.5, 0.6) is 0 Å². The number of benzene rings is 11. The van der Waals surface area contributed by atoms with E-state index in [-0.39, 0.29) is 10.8 Å². The van der Waals surface area contributed by atoms with Crippen LogP contribution < -0.4 is 0 Å². The molecule has 0 aromatic heterocycles. The lowest BCUT2D eigenvalue weighted by Gasteiger charge is -2.26. The van der Waals surface area contributed by atoms with Gasteiger partial charge in [-0.2, -0.15) is 0 Å². The summed E-state index contributed by atoms with van der Waals surface area (Å²) in [5.41, 5.74) is 16.0. The van der Waals surface area contributed by atoms with Gasteiger partial charge in [-0.05, 0) is 144 Å². The summed E-state index contributed by atoms with van der Waals surface area (Å²) in [5, 5.41) is 15.7. The lowest BCUT2D eigenvalue weighted by molar-refractivity contribution is 0.661. The molecule has 13 rings (SSSR count). The molecule has 0 heterocycles. The Morgan fingerprint density at radius 1 is 0.233 bits per heavy atom. The van der Waals surface area contributed by atoms with Crippen molar-refractivity contribution in [2.75, 3.05) is 0 Å². The smallest absolute Gasteiger partial charge is 0.0171 e. The molecule has 0 aliphatic heterocycles. The second-order valence-corrected chi connectivity index (χ2v) is 18.3. The van der Waals surface area contributed by atoms with E-state index in [1.54, 1.807) is 0 Å². The monoisotopic (exact) mass is 762 g/mol. The number of hydrogen-bond acceptors (Lipinski definition) is 0. The molecule has 11 aromatic rings. The fourth-order valence-corrected chi connectivity index (χ4v) is 12.1. The van der Waals surface area contributed by atoms with Crippen molar-refractivity contribution in [3.63, 3.8) is 0 Å². The molecule has 0 N–H and O–H groups in total. The van der Waals surface area contributed by atoms with Crippen LogP contribution in [0.15, 0.2) is 182 Å². The SMILES string of the molecule is CC1(C)c2ccccc2-c2c1cc(-c1c3ccccc3c(-c3cc4c(c5ccccc35)C(C)(C)c3c-4c4ccccc4c4ccccc34)c3ccccc13)c1ccccc21. The van der Waals surface area contributed by atoms with Crippen LogP contribution in [0.2, 0.25) is 0 Å². The summed E-state index contributed by atoms with van der Waals surface area (Å²) >= 11 is 0. The van der Waals surface area contributed by atoms with E-state index in [4.69, 9.17) is 0 Å². The standard InChI is InChI=1S/C60H42/c1-59(2)51-32-18-17-31-47(51)55-39-23-9-6-21-37(39)49(34-52(55)59)54-43-27-13-11-25-41(43)53(42-26-12-14-28-44(42)54)48-33-50-56-40-24-10-5-19-35(40)36-20-7-16-30-46(36)58(56)60(3,4)57(50)45-29-15-8-22-38(45)48/h5-34H,1-4H3. The van der Waals surface area contributed by atoms with Gasteiger partial charge in [-0.1, -0.05) is 198 Å². The molecule has 0 saturated heterocycles. The molecular weight excluding hydrogens is 721 g/mol. The Kier molecular flexibility index (Phi) is 6.67. The zero-order chi connectivity index (χ0) is 40.1. The molecule has 0 spiro atoms. The van der Waals surface area contributed by atoms with Gasteiger partial charge in [0.1, 0.15) is 0 Å². The average molecular weight is 763 g/mol. The summed E-state index contributed by atoms with van der Waals surface area (Å²) in [7, 11) is 0. The van der Waals surface area contributed by atoms with E-state index in [1.165, 1.54) is 131 Å². The fraction of sp³-hybridized carbons (Fsp3) is 0.100. The first-order valence-electron chi connectivity index (χ1n) is 21.4. The molecule has 0 unspecified atom stereocenters. The topological polar surface area (TPSA) is 0 Å². The lowest BCUT2D eigenvalue weighted by Crippen LogP contribution is -2.16. The third-order valence-corrected chi connectivity index (χ3v) is 14.6. The fourth-order valence-electron chi connectivity index (χ4n) is 12.1. The molecule has 0 saturated carbocycles. The summed E-state index contributed by atoms with van der Waals surface area (Å²) in [6, 6.07) is 69.0. The third-order valence-electron chi connectivity index (χ3n) is 14.6.